The molecule has 3 heterocycles. The number of nitriles is 1. The van der Waals surface area contributed by atoms with E-state index in [9.17, 15) is 8.42 Å². The summed E-state index contributed by atoms with van der Waals surface area (Å²) in [5.41, 5.74) is 0.951. The molecule has 0 bridgehead atoms. The molecule has 0 amide bonds. The molecule has 20 heteroatoms. The first-order valence-corrected chi connectivity index (χ1v) is 24.5. The summed E-state index contributed by atoms with van der Waals surface area (Å²) in [6.45, 7) is 0. The summed E-state index contributed by atoms with van der Waals surface area (Å²) in [5.74, 6) is 1.35. The van der Waals surface area contributed by atoms with Crippen LogP contribution in [0.3, 0.4) is 0 Å². The molecule has 6 aromatic rings. The van der Waals surface area contributed by atoms with Gasteiger partial charge in [0.05, 0.1) is 41.0 Å². The van der Waals surface area contributed by atoms with E-state index < -0.39 is 21.4 Å². The lowest BCUT2D eigenvalue weighted by atomic mass is 10.2. The van der Waals surface area contributed by atoms with Crippen LogP contribution in [0.1, 0.15) is 10.4 Å². The summed E-state index contributed by atoms with van der Waals surface area (Å²) in [4.78, 5) is 6.48. The molecular weight excluding hydrogens is 907 g/mol. The van der Waals surface area contributed by atoms with E-state index in [1.165, 1.54) is 30.5 Å². The minimum absolute atomic E-state index is 0.107. The van der Waals surface area contributed by atoms with Crippen LogP contribution in [-0.4, -0.2) is 51.2 Å². The second kappa shape index (κ2) is 21.7. The first kappa shape index (κ1) is 44.4. The lowest BCUT2D eigenvalue weighted by Crippen LogP contribution is -2.23. The molecule has 8 nitrogen and oxygen atoms in total. The molecule has 0 saturated carbocycles. The zero-order chi connectivity index (χ0) is 38.4. The Morgan fingerprint density at radius 3 is 1.85 bits per heavy atom. The van der Waals surface area contributed by atoms with Gasteiger partial charge in [0.2, 0.25) is 0 Å². The Balaban J connectivity index is 0.000000219. The third-order valence-electron chi connectivity index (χ3n) is 6.11. The number of hydrogen-bond acceptors (Lipinski definition) is 8. The molecule has 0 saturated heterocycles. The van der Waals surface area contributed by atoms with Crippen LogP contribution in [-0.2, 0) is 17.1 Å². The molecule has 0 unspecified atom stereocenters. The van der Waals surface area contributed by atoms with Crippen molar-refractivity contribution in [3.8, 4) is 28.2 Å². The zero-order valence-electron chi connectivity index (χ0n) is 26.6. The fraction of sp³-hybridized carbons (Fsp3) is 0.0625. The van der Waals surface area contributed by atoms with Gasteiger partial charge in [-0.05, 0) is 59.3 Å². The molecule has 0 N–H and O–H groups in total. The lowest BCUT2D eigenvalue weighted by Gasteiger charge is -2.15. The summed E-state index contributed by atoms with van der Waals surface area (Å²) >= 11 is 31.8. The first-order chi connectivity index (χ1) is 24.7. The molecule has 52 heavy (non-hydrogen) atoms. The van der Waals surface area contributed by atoms with Crippen LogP contribution < -0.4 is 0 Å². The highest BCUT2D eigenvalue weighted by atomic mass is 35.8. The van der Waals surface area contributed by atoms with Gasteiger partial charge in [-0.25, -0.2) is 39.8 Å². The van der Waals surface area contributed by atoms with Crippen molar-refractivity contribution in [3.05, 3.63) is 132 Å². The number of hydrazone groups is 1. The second-order valence-electron chi connectivity index (χ2n) is 9.53. The van der Waals surface area contributed by atoms with Crippen LogP contribution >= 0.6 is 111 Å². The average Bonchev–Trinajstić information content (AvgIpc) is 3.89. The predicted molar refractivity (Wildman–Crippen MR) is 222 cm³/mol. The van der Waals surface area contributed by atoms with Gasteiger partial charge in [0, 0.05) is 14.1 Å². The lowest BCUT2D eigenvalue weighted by molar-refractivity contribution is 0.490. The van der Waals surface area contributed by atoms with Crippen molar-refractivity contribution < 1.29 is 8.42 Å². The summed E-state index contributed by atoms with van der Waals surface area (Å²) < 4.78 is 27.2. The number of nitrogens with zero attached hydrogens (tertiary/aromatic N) is 6. The van der Waals surface area contributed by atoms with Gasteiger partial charge in [-0.3, -0.25) is 0 Å². The smallest absolute Gasteiger partial charge is 0.248 e. The number of aromatic nitrogens is 3. The van der Waals surface area contributed by atoms with Gasteiger partial charge in [-0.2, -0.15) is 23.2 Å². The number of aryl methyl sites for hydroxylation is 1. The molecular formula is C32H23AlCl8N6O2S3. The molecule has 3 aromatic carbocycles. The number of thiophene rings is 2. The Morgan fingerprint density at radius 1 is 0.827 bits per heavy atom. The molecule has 0 spiro atoms. The predicted octanol–water partition coefficient (Wildman–Crippen LogP) is 12.0. The number of sulfonamides is 1. The van der Waals surface area contributed by atoms with Crippen LogP contribution in [0.15, 0.2) is 112 Å². The SMILES string of the molecule is CN(/N=C(\Cl)c1c(Cl)cccc1Cl)S(=O)(=O)c1ccccc1.Cn1nc(-c2c(Cl)cccc2Cl)nc1-c1cccs1.N#Cc1cccs1.[Cl][Al]([Cl])[Cl]. The summed E-state index contributed by atoms with van der Waals surface area (Å²) in [6, 6.07) is 27.8. The van der Waals surface area contributed by atoms with E-state index in [-0.39, 0.29) is 25.7 Å². The van der Waals surface area contributed by atoms with E-state index in [0.29, 0.717) is 21.4 Å². The summed E-state index contributed by atoms with van der Waals surface area (Å²) in [6.07, 6.45) is 0. The van der Waals surface area contributed by atoms with Crippen LogP contribution in [0.2, 0.25) is 20.1 Å². The number of hydrogen-bond donors (Lipinski definition) is 0. The standard InChI is InChI=1S/C14H11Cl3N2O2S.C13H9Cl2N3S.C5H3NS.Al.3ClH/c1-19(22(20,21)10-6-3-2-4-7-10)18-14(17)13-11(15)8-5-9-12(13)16;1-18-13(10-6-3-7-19-10)16-12(17-18)11-8(14)4-2-5-9(11)15;6-4-5-2-1-3-7-5;;;;/h2-9H,1H3;2-7H,1H3;1-3H;;3*1H/q;;;+3;;;/p-3/b18-14-;;;;;;. The van der Waals surface area contributed by atoms with Crippen molar-refractivity contribution in [3.63, 3.8) is 0 Å². The maximum absolute atomic E-state index is 12.4. The number of rotatable bonds is 6. The quantitative estimate of drug-likeness (QED) is 0.0940. The maximum atomic E-state index is 12.4. The van der Waals surface area contributed by atoms with Crippen molar-refractivity contribution in [2.24, 2.45) is 12.1 Å². The number of benzene rings is 3. The molecule has 0 aliphatic carbocycles. The molecule has 3 aromatic heterocycles. The molecule has 0 aliphatic heterocycles. The van der Waals surface area contributed by atoms with Gasteiger partial charge in [0.15, 0.2) is 16.8 Å². The molecule has 0 fully saturated rings. The van der Waals surface area contributed by atoms with E-state index in [1.54, 1.807) is 76.7 Å². The van der Waals surface area contributed by atoms with Crippen molar-refractivity contribution in [2.75, 3.05) is 7.05 Å². The monoisotopic (exact) mass is 926 g/mol. The van der Waals surface area contributed by atoms with Gasteiger partial charge in [-0.1, -0.05) is 100 Å². The van der Waals surface area contributed by atoms with Crippen molar-refractivity contribution in [1.29, 1.82) is 5.26 Å². The van der Waals surface area contributed by atoms with Crippen LogP contribution in [0.5, 0.6) is 0 Å². The maximum Gasteiger partial charge on any atom is 0.643 e. The Labute approximate surface area is 351 Å². The minimum atomic E-state index is -3.79. The normalized spacial score (nSPS) is 10.8. The van der Waals surface area contributed by atoms with E-state index in [2.05, 4.69) is 15.2 Å². The van der Waals surface area contributed by atoms with E-state index in [1.807, 2.05) is 42.1 Å². The Hall–Kier alpha value is -2.04. The van der Waals surface area contributed by atoms with Crippen LogP contribution in [0.25, 0.3) is 22.1 Å². The van der Waals surface area contributed by atoms with E-state index >= 15 is 0 Å². The van der Waals surface area contributed by atoms with Gasteiger partial charge < -0.3 is 0 Å². The molecule has 0 aliphatic rings. The largest absolute Gasteiger partial charge is 0.643 e. The van der Waals surface area contributed by atoms with Gasteiger partial charge in [0.1, 0.15) is 10.9 Å². The summed E-state index contributed by atoms with van der Waals surface area (Å²) in [5, 5.41) is 21.9. The Morgan fingerprint density at radius 2 is 1.37 bits per heavy atom. The third kappa shape index (κ3) is 13.1. The van der Waals surface area contributed by atoms with Gasteiger partial charge >= 0.3 is 11.4 Å². The average molecular weight is 930 g/mol. The van der Waals surface area contributed by atoms with Crippen molar-refractivity contribution in [2.45, 2.75) is 4.90 Å². The van der Waals surface area contributed by atoms with Crippen LogP contribution in [0, 0.1) is 11.3 Å². The van der Waals surface area contributed by atoms with Gasteiger partial charge in [-0.15, -0.1) is 27.8 Å². The molecule has 0 radical (unpaired) electrons. The van der Waals surface area contributed by atoms with Crippen molar-refractivity contribution in [1.82, 2.24) is 19.2 Å². The highest BCUT2D eigenvalue weighted by molar-refractivity contribution is 7.89. The fourth-order valence-electron chi connectivity index (χ4n) is 3.83. The first-order valence-electron chi connectivity index (χ1n) is 14.1. The van der Waals surface area contributed by atoms with E-state index in [0.717, 1.165) is 20.0 Å². The molecule has 270 valence electrons. The third-order valence-corrected chi connectivity index (χ3v) is 10.9. The second-order valence-corrected chi connectivity index (χ2v) is 21.8. The molecule has 0 atom stereocenters. The fourth-order valence-corrected chi connectivity index (χ4v) is 7.69. The van der Waals surface area contributed by atoms with E-state index in [4.69, 9.17) is 93.4 Å². The van der Waals surface area contributed by atoms with Crippen LogP contribution in [0.4, 0.5) is 0 Å². The minimum Gasteiger partial charge on any atom is -0.248 e. The topological polar surface area (TPSA) is 104 Å². The van der Waals surface area contributed by atoms with Gasteiger partial charge in [0.25, 0.3) is 10.0 Å². The Kier molecular flexibility index (Phi) is 18.6. The molecule has 6 rings (SSSR count). The highest BCUT2D eigenvalue weighted by Gasteiger charge is 2.21. The highest BCUT2D eigenvalue weighted by Crippen LogP contribution is 2.34. The van der Waals surface area contributed by atoms with Crippen molar-refractivity contribution >= 4 is 137 Å². The Bertz CT molecular complexity index is 2170. The summed E-state index contributed by atoms with van der Waals surface area (Å²) in [7, 11) is 14.2. The zero-order valence-corrected chi connectivity index (χ0v) is 36.3. The number of halogens is 8.